The Bertz CT molecular complexity index is 383. The standard InChI is InChI=1S/C13H17BrO2/c1-12(2)13(3,4)16-11(15-12)9-7-5-6-8-10(9)14/h5-8,11H,1-4H3. The average molecular weight is 285 g/mol. The Morgan fingerprint density at radius 1 is 1.00 bits per heavy atom. The third kappa shape index (κ3) is 1.92. The zero-order chi connectivity index (χ0) is 12.0. The molecule has 16 heavy (non-hydrogen) atoms. The lowest BCUT2D eigenvalue weighted by Gasteiger charge is -2.30. The Morgan fingerprint density at radius 3 is 2.00 bits per heavy atom. The van der Waals surface area contributed by atoms with Crippen molar-refractivity contribution < 1.29 is 9.47 Å². The van der Waals surface area contributed by atoms with Gasteiger partial charge in [-0.05, 0) is 33.8 Å². The van der Waals surface area contributed by atoms with Crippen LogP contribution < -0.4 is 0 Å². The highest BCUT2D eigenvalue weighted by atomic mass is 79.9. The van der Waals surface area contributed by atoms with Crippen molar-refractivity contribution in [3.05, 3.63) is 34.3 Å². The number of ether oxygens (including phenoxy) is 2. The van der Waals surface area contributed by atoms with Gasteiger partial charge in [0, 0.05) is 10.0 Å². The fourth-order valence-corrected chi connectivity index (χ4v) is 2.11. The summed E-state index contributed by atoms with van der Waals surface area (Å²) in [6.07, 6.45) is -0.291. The number of rotatable bonds is 1. The minimum absolute atomic E-state index is 0.285. The van der Waals surface area contributed by atoms with Crippen LogP contribution in [0, 0.1) is 0 Å². The van der Waals surface area contributed by atoms with Gasteiger partial charge < -0.3 is 9.47 Å². The van der Waals surface area contributed by atoms with E-state index in [0.29, 0.717) is 0 Å². The summed E-state index contributed by atoms with van der Waals surface area (Å²) in [7, 11) is 0. The van der Waals surface area contributed by atoms with Gasteiger partial charge in [-0.2, -0.15) is 0 Å². The fraction of sp³-hybridized carbons (Fsp3) is 0.538. The van der Waals surface area contributed by atoms with Gasteiger partial charge in [0.25, 0.3) is 0 Å². The average Bonchev–Trinajstić information content (AvgIpc) is 2.36. The van der Waals surface area contributed by atoms with Crippen LogP contribution in [-0.4, -0.2) is 11.2 Å². The lowest BCUT2D eigenvalue weighted by Crippen LogP contribution is -2.41. The topological polar surface area (TPSA) is 18.5 Å². The van der Waals surface area contributed by atoms with Gasteiger partial charge >= 0.3 is 0 Å². The summed E-state index contributed by atoms with van der Waals surface area (Å²) in [5.41, 5.74) is 0.473. The van der Waals surface area contributed by atoms with Gasteiger partial charge in [-0.15, -0.1) is 0 Å². The highest BCUT2D eigenvalue weighted by Gasteiger charge is 2.49. The molecule has 0 radical (unpaired) electrons. The smallest absolute Gasteiger partial charge is 0.186 e. The molecular weight excluding hydrogens is 268 g/mol. The molecule has 0 saturated carbocycles. The van der Waals surface area contributed by atoms with E-state index in [9.17, 15) is 0 Å². The van der Waals surface area contributed by atoms with Gasteiger partial charge in [0.05, 0.1) is 11.2 Å². The Morgan fingerprint density at radius 2 is 1.50 bits per heavy atom. The van der Waals surface area contributed by atoms with E-state index in [-0.39, 0.29) is 17.5 Å². The van der Waals surface area contributed by atoms with Crippen LogP contribution >= 0.6 is 15.9 Å². The number of benzene rings is 1. The van der Waals surface area contributed by atoms with E-state index in [1.165, 1.54) is 0 Å². The zero-order valence-electron chi connectivity index (χ0n) is 10.1. The molecule has 0 atom stereocenters. The van der Waals surface area contributed by atoms with Gasteiger partial charge in [-0.3, -0.25) is 0 Å². The van der Waals surface area contributed by atoms with Crippen LogP contribution in [0.1, 0.15) is 39.5 Å². The maximum Gasteiger partial charge on any atom is 0.186 e. The first-order chi connectivity index (χ1) is 7.33. The van der Waals surface area contributed by atoms with Crippen LogP contribution in [0.2, 0.25) is 0 Å². The second-order valence-electron chi connectivity index (χ2n) is 5.11. The molecule has 0 amide bonds. The lowest BCUT2D eigenvalue weighted by atomic mass is 9.90. The maximum atomic E-state index is 5.98. The van der Waals surface area contributed by atoms with Gasteiger partial charge in [-0.1, -0.05) is 34.1 Å². The Hall–Kier alpha value is -0.380. The molecule has 1 aromatic carbocycles. The second kappa shape index (κ2) is 3.83. The molecule has 0 unspecified atom stereocenters. The van der Waals surface area contributed by atoms with E-state index >= 15 is 0 Å². The molecule has 1 fully saturated rings. The quantitative estimate of drug-likeness (QED) is 0.775. The van der Waals surface area contributed by atoms with Gasteiger partial charge in [0.15, 0.2) is 6.29 Å². The molecule has 1 aliphatic heterocycles. The largest absolute Gasteiger partial charge is 0.339 e. The molecule has 0 aliphatic carbocycles. The summed E-state index contributed by atoms with van der Waals surface area (Å²) in [6.45, 7) is 8.24. The van der Waals surface area contributed by atoms with Crippen molar-refractivity contribution in [3.63, 3.8) is 0 Å². The Labute approximate surface area is 105 Å². The van der Waals surface area contributed by atoms with Crippen LogP contribution in [0.4, 0.5) is 0 Å². The SMILES string of the molecule is CC1(C)OC(c2ccccc2Br)OC1(C)C. The van der Waals surface area contributed by atoms with E-state index in [4.69, 9.17) is 9.47 Å². The predicted molar refractivity (Wildman–Crippen MR) is 67.2 cm³/mol. The highest BCUT2D eigenvalue weighted by Crippen LogP contribution is 2.45. The zero-order valence-corrected chi connectivity index (χ0v) is 11.7. The maximum absolute atomic E-state index is 5.98. The van der Waals surface area contributed by atoms with E-state index in [1.807, 2.05) is 24.3 Å². The number of halogens is 1. The molecule has 0 aromatic heterocycles. The predicted octanol–water partition coefficient (Wildman–Crippen LogP) is 4.05. The van der Waals surface area contributed by atoms with E-state index in [1.54, 1.807) is 0 Å². The van der Waals surface area contributed by atoms with Crippen molar-refractivity contribution in [1.29, 1.82) is 0 Å². The van der Waals surface area contributed by atoms with E-state index in [2.05, 4.69) is 43.6 Å². The fourth-order valence-electron chi connectivity index (χ4n) is 1.64. The second-order valence-corrected chi connectivity index (χ2v) is 5.96. The molecule has 2 rings (SSSR count). The van der Waals surface area contributed by atoms with Crippen LogP contribution in [0.5, 0.6) is 0 Å². The molecule has 3 heteroatoms. The molecule has 1 aromatic rings. The van der Waals surface area contributed by atoms with Crippen LogP contribution in [0.25, 0.3) is 0 Å². The van der Waals surface area contributed by atoms with Crippen molar-refractivity contribution >= 4 is 15.9 Å². The first-order valence-corrected chi connectivity index (χ1v) is 6.23. The molecular formula is C13H17BrO2. The summed E-state index contributed by atoms with van der Waals surface area (Å²) >= 11 is 3.52. The molecule has 0 spiro atoms. The van der Waals surface area contributed by atoms with Crippen molar-refractivity contribution in [2.45, 2.75) is 45.2 Å². The van der Waals surface area contributed by atoms with E-state index in [0.717, 1.165) is 10.0 Å². The summed E-state index contributed by atoms with van der Waals surface area (Å²) in [6, 6.07) is 8.00. The minimum Gasteiger partial charge on any atom is -0.339 e. The molecule has 1 heterocycles. The van der Waals surface area contributed by atoms with Crippen molar-refractivity contribution in [2.75, 3.05) is 0 Å². The van der Waals surface area contributed by atoms with Crippen LogP contribution in [-0.2, 0) is 9.47 Å². The van der Waals surface area contributed by atoms with Crippen molar-refractivity contribution in [1.82, 2.24) is 0 Å². The van der Waals surface area contributed by atoms with Crippen LogP contribution in [0.15, 0.2) is 28.7 Å². The molecule has 0 N–H and O–H groups in total. The third-order valence-corrected chi connectivity index (χ3v) is 4.13. The molecule has 1 aliphatic rings. The summed E-state index contributed by atoms with van der Waals surface area (Å²) in [4.78, 5) is 0. The Balaban J connectivity index is 2.31. The minimum atomic E-state index is -0.291. The highest BCUT2D eigenvalue weighted by molar-refractivity contribution is 9.10. The number of hydrogen-bond acceptors (Lipinski definition) is 2. The van der Waals surface area contributed by atoms with E-state index < -0.39 is 0 Å². The monoisotopic (exact) mass is 284 g/mol. The van der Waals surface area contributed by atoms with Gasteiger partial charge in [0.2, 0.25) is 0 Å². The van der Waals surface area contributed by atoms with Gasteiger partial charge in [0.1, 0.15) is 0 Å². The summed E-state index contributed by atoms with van der Waals surface area (Å²) in [5, 5.41) is 0. The third-order valence-electron chi connectivity index (χ3n) is 3.41. The van der Waals surface area contributed by atoms with Crippen LogP contribution in [0.3, 0.4) is 0 Å². The molecule has 2 nitrogen and oxygen atoms in total. The first kappa shape index (κ1) is 12.1. The Kier molecular flexibility index (Phi) is 2.89. The van der Waals surface area contributed by atoms with Crippen molar-refractivity contribution in [2.24, 2.45) is 0 Å². The van der Waals surface area contributed by atoms with Crippen molar-refractivity contribution in [3.8, 4) is 0 Å². The normalized spacial score (nSPS) is 23.6. The summed E-state index contributed by atoms with van der Waals surface area (Å²) in [5.74, 6) is 0. The molecule has 1 saturated heterocycles. The molecule has 0 bridgehead atoms. The lowest BCUT2D eigenvalue weighted by molar-refractivity contribution is -0.0900. The molecule has 88 valence electrons. The summed E-state index contributed by atoms with van der Waals surface area (Å²) < 4.78 is 13.0. The first-order valence-electron chi connectivity index (χ1n) is 5.43. The van der Waals surface area contributed by atoms with Gasteiger partial charge in [-0.25, -0.2) is 0 Å². The number of hydrogen-bond donors (Lipinski definition) is 0.